The van der Waals surface area contributed by atoms with Crippen LogP contribution >= 0.6 is 11.8 Å². The topological polar surface area (TPSA) is 15.3 Å². The second kappa shape index (κ2) is 6.46. The molecule has 0 amide bonds. The van der Waals surface area contributed by atoms with E-state index in [1.165, 1.54) is 31.0 Å². The van der Waals surface area contributed by atoms with Gasteiger partial charge in [0.25, 0.3) is 0 Å². The van der Waals surface area contributed by atoms with Crippen LogP contribution in [0.3, 0.4) is 0 Å². The standard InChI is InChI=1S/C10H20N2S/c1-3-6-12(2)7-4-10-9-13-8-5-11-10/h3,10-11H,1,4-9H2,2H3. The van der Waals surface area contributed by atoms with Crippen molar-refractivity contribution in [2.24, 2.45) is 0 Å². The van der Waals surface area contributed by atoms with Crippen molar-refractivity contribution in [2.75, 3.05) is 38.2 Å². The van der Waals surface area contributed by atoms with Gasteiger partial charge in [-0.2, -0.15) is 11.8 Å². The molecule has 1 fully saturated rings. The van der Waals surface area contributed by atoms with Crippen molar-refractivity contribution in [3.8, 4) is 0 Å². The Labute approximate surface area is 85.8 Å². The molecule has 1 aliphatic heterocycles. The predicted molar refractivity (Wildman–Crippen MR) is 61.4 cm³/mol. The second-order valence-electron chi connectivity index (χ2n) is 3.57. The second-order valence-corrected chi connectivity index (χ2v) is 4.72. The molecule has 0 aromatic carbocycles. The number of hydrogen-bond donors (Lipinski definition) is 1. The lowest BCUT2D eigenvalue weighted by Gasteiger charge is -2.25. The van der Waals surface area contributed by atoms with Crippen LogP contribution in [-0.2, 0) is 0 Å². The zero-order valence-corrected chi connectivity index (χ0v) is 9.28. The molecule has 0 saturated carbocycles. The molecule has 2 nitrogen and oxygen atoms in total. The van der Waals surface area contributed by atoms with Crippen molar-refractivity contribution in [3.05, 3.63) is 12.7 Å². The third-order valence-electron chi connectivity index (χ3n) is 2.30. The first-order chi connectivity index (χ1) is 6.33. The highest BCUT2D eigenvalue weighted by atomic mass is 32.2. The molecule has 1 unspecified atom stereocenters. The largest absolute Gasteiger partial charge is 0.312 e. The SMILES string of the molecule is C=CCN(C)CCC1CSCCN1. The highest BCUT2D eigenvalue weighted by Gasteiger charge is 2.12. The van der Waals surface area contributed by atoms with E-state index in [1.54, 1.807) is 0 Å². The van der Waals surface area contributed by atoms with Crippen molar-refractivity contribution >= 4 is 11.8 Å². The summed E-state index contributed by atoms with van der Waals surface area (Å²) in [6, 6.07) is 0.728. The van der Waals surface area contributed by atoms with Gasteiger partial charge in [0.2, 0.25) is 0 Å². The van der Waals surface area contributed by atoms with E-state index in [-0.39, 0.29) is 0 Å². The molecule has 1 heterocycles. The van der Waals surface area contributed by atoms with E-state index in [1.807, 2.05) is 6.08 Å². The van der Waals surface area contributed by atoms with Gasteiger partial charge >= 0.3 is 0 Å². The predicted octanol–water partition coefficient (Wildman–Crippen LogP) is 1.20. The average molecular weight is 200 g/mol. The van der Waals surface area contributed by atoms with Crippen LogP contribution in [0.2, 0.25) is 0 Å². The van der Waals surface area contributed by atoms with Gasteiger partial charge < -0.3 is 10.2 Å². The van der Waals surface area contributed by atoms with Crippen LogP contribution in [0, 0.1) is 0 Å². The Kier molecular flexibility index (Phi) is 5.51. The average Bonchev–Trinajstić information content (AvgIpc) is 2.17. The van der Waals surface area contributed by atoms with Crippen molar-refractivity contribution in [3.63, 3.8) is 0 Å². The molecule has 1 aliphatic rings. The number of nitrogens with one attached hydrogen (secondary N) is 1. The van der Waals surface area contributed by atoms with Gasteiger partial charge in [-0.3, -0.25) is 0 Å². The molecule has 0 aromatic rings. The number of hydrogen-bond acceptors (Lipinski definition) is 3. The maximum Gasteiger partial charge on any atom is 0.0170 e. The van der Waals surface area contributed by atoms with Gasteiger partial charge in [0.15, 0.2) is 0 Å². The van der Waals surface area contributed by atoms with Crippen LogP contribution in [-0.4, -0.2) is 49.1 Å². The van der Waals surface area contributed by atoms with Crippen LogP contribution in [0.4, 0.5) is 0 Å². The smallest absolute Gasteiger partial charge is 0.0170 e. The summed E-state index contributed by atoms with van der Waals surface area (Å²) in [5, 5.41) is 3.54. The van der Waals surface area contributed by atoms with Crippen LogP contribution in [0.25, 0.3) is 0 Å². The first-order valence-corrected chi connectivity index (χ1v) is 6.09. The van der Waals surface area contributed by atoms with Gasteiger partial charge in [-0.25, -0.2) is 0 Å². The molecule has 0 aliphatic carbocycles. The van der Waals surface area contributed by atoms with Gasteiger partial charge in [0, 0.05) is 30.6 Å². The molecule has 1 N–H and O–H groups in total. The molecule has 76 valence electrons. The van der Waals surface area contributed by atoms with Crippen molar-refractivity contribution in [2.45, 2.75) is 12.5 Å². The molecular formula is C10H20N2S. The minimum atomic E-state index is 0.728. The van der Waals surface area contributed by atoms with Crippen LogP contribution < -0.4 is 5.32 Å². The number of rotatable bonds is 5. The monoisotopic (exact) mass is 200 g/mol. The van der Waals surface area contributed by atoms with Crippen LogP contribution in [0.5, 0.6) is 0 Å². The van der Waals surface area contributed by atoms with Gasteiger partial charge in [0.1, 0.15) is 0 Å². The first-order valence-electron chi connectivity index (χ1n) is 4.93. The zero-order chi connectivity index (χ0) is 9.52. The van der Waals surface area contributed by atoms with Gasteiger partial charge in [-0.05, 0) is 20.0 Å². The maximum absolute atomic E-state index is 3.73. The van der Waals surface area contributed by atoms with Gasteiger partial charge in [-0.1, -0.05) is 6.08 Å². The summed E-state index contributed by atoms with van der Waals surface area (Å²) in [5.41, 5.74) is 0. The molecule has 0 aromatic heterocycles. The summed E-state index contributed by atoms with van der Waals surface area (Å²) in [7, 11) is 2.15. The fourth-order valence-electron chi connectivity index (χ4n) is 1.49. The van der Waals surface area contributed by atoms with Crippen molar-refractivity contribution in [1.82, 2.24) is 10.2 Å². The Bertz CT molecular complexity index is 144. The lowest BCUT2D eigenvalue weighted by molar-refractivity contribution is 0.340. The Balaban J connectivity index is 2.06. The lowest BCUT2D eigenvalue weighted by atomic mass is 10.2. The van der Waals surface area contributed by atoms with Crippen molar-refractivity contribution in [1.29, 1.82) is 0 Å². The Morgan fingerprint density at radius 2 is 2.54 bits per heavy atom. The highest BCUT2D eigenvalue weighted by molar-refractivity contribution is 7.99. The molecular weight excluding hydrogens is 180 g/mol. The first kappa shape index (κ1) is 11.1. The fraction of sp³-hybridized carbons (Fsp3) is 0.800. The summed E-state index contributed by atoms with van der Waals surface area (Å²) in [4.78, 5) is 2.31. The summed E-state index contributed by atoms with van der Waals surface area (Å²) in [5.74, 6) is 2.56. The number of likely N-dealkylation sites (N-methyl/N-ethyl adjacent to an activating group) is 1. The molecule has 1 saturated heterocycles. The molecule has 3 heteroatoms. The third kappa shape index (κ3) is 4.69. The molecule has 0 bridgehead atoms. The summed E-state index contributed by atoms with van der Waals surface area (Å²) >= 11 is 2.07. The van der Waals surface area contributed by atoms with E-state index in [2.05, 4.69) is 35.6 Å². The van der Waals surface area contributed by atoms with Crippen molar-refractivity contribution < 1.29 is 0 Å². The zero-order valence-electron chi connectivity index (χ0n) is 8.46. The van der Waals surface area contributed by atoms with E-state index in [4.69, 9.17) is 0 Å². The summed E-state index contributed by atoms with van der Waals surface area (Å²) in [6.07, 6.45) is 3.22. The van der Waals surface area contributed by atoms with Gasteiger partial charge in [-0.15, -0.1) is 6.58 Å². The number of nitrogens with zero attached hydrogens (tertiary/aromatic N) is 1. The molecule has 1 atom stereocenters. The number of thioether (sulfide) groups is 1. The lowest BCUT2D eigenvalue weighted by Crippen LogP contribution is -2.39. The van der Waals surface area contributed by atoms with Crippen LogP contribution in [0.1, 0.15) is 6.42 Å². The quantitative estimate of drug-likeness (QED) is 0.671. The maximum atomic E-state index is 3.73. The van der Waals surface area contributed by atoms with E-state index >= 15 is 0 Å². The van der Waals surface area contributed by atoms with Crippen LogP contribution in [0.15, 0.2) is 12.7 Å². The van der Waals surface area contributed by atoms with E-state index in [9.17, 15) is 0 Å². The molecule has 13 heavy (non-hydrogen) atoms. The summed E-state index contributed by atoms with van der Waals surface area (Å²) in [6.45, 7) is 7.09. The highest BCUT2D eigenvalue weighted by Crippen LogP contribution is 2.10. The third-order valence-corrected chi connectivity index (χ3v) is 3.43. The van der Waals surface area contributed by atoms with E-state index < -0.39 is 0 Å². The Morgan fingerprint density at radius 1 is 1.69 bits per heavy atom. The Hall–Kier alpha value is 0.01000. The summed E-state index contributed by atoms with van der Waals surface area (Å²) < 4.78 is 0. The van der Waals surface area contributed by atoms with E-state index in [0.717, 1.165) is 12.6 Å². The van der Waals surface area contributed by atoms with E-state index in [0.29, 0.717) is 0 Å². The Morgan fingerprint density at radius 3 is 3.15 bits per heavy atom. The molecule has 0 spiro atoms. The minimum absolute atomic E-state index is 0.728. The van der Waals surface area contributed by atoms with Gasteiger partial charge in [0.05, 0.1) is 0 Å². The molecule has 0 radical (unpaired) electrons. The normalized spacial score (nSPS) is 23.4. The fourth-order valence-corrected chi connectivity index (χ4v) is 2.49. The molecule has 1 rings (SSSR count). The minimum Gasteiger partial charge on any atom is -0.312 e.